The number of nitrogens with zero attached hydrogens (tertiary/aromatic N) is 2. The molecule has 0 N–H and O–H groups in total. The van der Waals surface area contributed by atoms with Crippen molar-refractivity contribution in [2.24, 2.45) is 0 Å². The van der Waals surface area contributed by atoms with Gasteiger partial charge >= 0.3 is 5.63 Å². The van der Waals surface area contributed by atoms with Crippen molar-refractivity contribution in [1.29, 1.82) is 0 Å². The van der Waals surface area contributed by atoms with Crippen LogP contribution in [-0.2, 0) is 0 Å². The number of halogens is 1. The minimum atomic E-state index is -0.396. The van der Waals surface area contributed by atoms with Crippen molar-refractivity contribution in [2.75, 3.05) is 0 Å². The van der Waals surface area contributed by atoms with Gasteiger partial charge in [-0.15, -0.1) is 0 Å². The Hall–Kier alpha value is -3.05. The zero-order chi connectivity index (χ0) is 17.7. The summed E-state index contributed by atoms with van der Waals surface area (Å²) in [6.45, 7) is 0. The Balaban J connectivity index is 2.12. The number of fused-ring (bicyclic) bond motifs is 4. The highest BCUT2D eigenvalue weighted by Gasteiger charge is 2.18. The lowest BCUT2D eigenvalue weighted by Gasteiger charge is -2.11. The second-order valence-electron chi connectivity index (χ2n) is 5.99. The summed E-state index contributed by atoms with van der Waals surface area (Å²) in [6.07, 6.45) is 1.71. The summed E-state index contributed by atoms with van der Waals surface area (Å²) < 4.78 is 6.42. The standard InChI is InChI=1S/C21H11BrN2O2/c22-13-10-15-17(12-6-2-1-3-7-12)18-19(24-20(15)23-11-13)14-8-4-5-9-16(14)26-21(18)25/h1-11H. The van der Waals surface area contributed by atoms with Crippen LogP contribution >= 0.6 is 15.9 Å². The third-order valence-corrected chi connectivity index (χ3v) is 4.85. The van der Waals surface area contributed by atoms with Gasteiger partial charge in [0.15, 0.2) is 5.65 Å². The van der Waals surface area contributed by atoms with Gasteiger partial charge in [0.1, 0.15) is 5.58 Å². The van der Waals surface area contributed by atoms with Gasteiger partial charge in [0, 0.05) is 27.0 Å². The van der Waals surface area contributed by atoms with Crippen molar-refractivity contribution in [1.82, 2.24) is 9.97 Å². The molecule has 2 aromatic carbocycles. The molecule has 0 saturated carbocycles. The highest BCUT2D eigenvalue weighted by atomic mass is 79.9. The first-order valence-corrected chi connectivity index (χ1v) is 8.88. The van der Waals surface area contributed by atoms with Crippen LogP contribution in [0.2, 0.25) is 0 Å². The fourth-order valence-corrected chi connectivity index (χ4v) is 3.65. The monoisotopic (exact) mass is 402 g/mol. The molecule has 0 fully saturated rings. The summed E-state index contributed by atoms with van der Waals surface area (Å²) in [5.41, 5.74) is 3.04. The van der Waals surface area contributed by atoms with Gasteiger partial charge in [-0.2, -0.15) is 0 Å². The molecule has 4 nitrogen and oxygen atoms in total. The summed E-state index contributed by atoms with van der Waals surface area (Å²) in [7, 11) is 0. The van der Waals surface area contributed by atoms with Crippen molar-refractivity contribution < 1.29 is 4.42 Å². The van der Waals surface area contributed by atoms with E-state index in [-0.39, 0.29) is 0 Å². The van der Waals surface area contributed by atoms with E-state index in [9.17, 15) is 4.79 Å². The first-order chi connectivity index (χ1) is 12.7. The maximum absolute atomic E-state index is 12.9. The lowest BCUT2D eigenvalue weighted by Crippen LogP contribution is -2.04. The van der Waals surface area contributed by atoms with Crippen LogP contribution in [0.4, 0.5) is 0 Å². The molecule has 3 heterocycles. The molecule has 0 atom stereocenters. The first kappa shape index (κ1) is 15.2. The van der Waals surface area contributed by atoms with E-state index in [1.165, 1.54) is 0 Å². The van der Waals surface area contributed by atoms with Crippen molar-refractivity contribution in [3.05, 3.63) is 81.8 Å². The molecule has 26 heavy (non-hydrogen) atoms. The maximum atomic E-state index is 12.9. The van der Waals surface area contributed by atoms with Crippen LogP contribution in [-0.4, -0.2) is 9.97 Å². The summed E-state index contributed by atoms with van der Waals surface area (Å²) in [6, 6.07) is 19.2. The Morgan fingerprint density at radius 1 is 0.923 bits per heavy atom. The molecule has 3 aromatic heterocycles. The molecular formula is C21H11BrN2O2. The molecule has 0 radical (unpaired) electrons. The molecular weight excluding hydrogens is 392 g/mol. The maximum Gasteiger partial charge on any atom is 0.346 e. The quantitative estimate of drug-likeness (QED) is 0.216. The number of benzene rings is 2. The highest BCUT2D eigenvalue weighted by Crippen LogP contribution is 2.35. The Labute approximate surface area is 156 Å². The molecule has 5 aromatic rings. The Kier molecular flexibility index (Phi) is 3.36. The van der Waals surface area contributed by atoms with Crippen LogP contribution in [0.1, 0.15) is 0 Å². The predicted molar refractivity (Wildman–Crippen MR) is 106 cm³/mol. The Bertz CT molecular complexity index is 1360. The number of aromatic nitrogens is 2. The van der Waals surface area contributed by atoms with Gasteiger partial charge in [0.05, 0.1) is 10.9 Å². The zero-order valence-electron chi connectivity index (χ0n) is 13.4. The van der Waals surface area contributed by atoms with E-state index >= 15 is 0 Å². The van der Waals surface area contributed by atoms with Crippen molar-refractivity contribution in [3.63, 3.8) is 0 Å². The van der Waals surface area contributed by atoms with Crippen molar-refractivity contribution >= 4 is 48.8 Å². The van der Waals surface area contributed by atoms with Gasteiger partial charge in [-0.1, -0.05) is 42.5 Å². The minimum Gasteiger partial charge on any atom is -0.422 e. The number of pyridine rings is 2. The molecule has 0 amide bonds. The van der Waals surface area contributed by atoms with Gasteiger partial charge in [-0.25, -0.2) is 14.8 Å². The molecule has 124 valence electrons. The van der Waals surface area contributed by atoms with E-state index in [1.54, 1.807) is 12.3 Å². The number of para-hydroxylation sites is 1. The van der Waals surface area contributed by atoms with Crippen LogP contribution in [0.15, 0.2) is 80.5 Å². The largest absolute Gasteiger partial charge is 0.422 e. The number of hydrogen-bond acceptors (Lipinski definition) is 4. The summed E-state index contributed by atoms with van der Waals surface area (Å²) in [5.74, 6) is 0. The van der Waals surface area contributed by atoms with Gasteiger partial charge in [0.25, 0.3) is 0 Å². The molecule has 0 bridgehead atoms. The zero-order valence-corrected chi connectivity index (χ0v) is 15.0. The SMILES string of the molecule is O=c1oc2ccccc2c2nc3ncc(Br)cc3c(-c3ccccc3)c12. The van der Waals surface area contributed by atoms with Crippen molar-refractivity contribution in [3.8, 4) is 11.1 Å². The number of hydrogen-bond donors (Lipinski definition) is 0. The molecule has 0 aliphatic rings. The van der Waals surface area contributed by atoms with Crippen LogP contribution in [0, 0.1) is 0 Å². The lowest BCUT2D eigenvalue weighted by molar-refractivity contribution is 0.569. The van der Waals surface area contributed by atoms with Gasteiger partial charge in [-0.3, -0.25) is 0 Å². The fraction of sp³-hybridized carbons (Fsp3) is 0. The van der Waals surface area contributed by atoms with E-state index < -0.39 is 5.63 Å². The van der Waals surface area contributed by atoms with E-state index in [2.05, 4.69) is 20.9 Å². The smallest absolute Gasteiger partial charge is 0.346 e. The predicted octanol–water partition coefficient (Wildman–Crippen LogP) is 5.32. The van der Waals surface area contributed by atoms with Crippen LogP contribution in [0.25, 0.3) is 44.0 Å². The van der Waals surface area contributed by atoms with Gasteiger partial charge in [-0.05, 0) is 39.7 Å². The molecule has 0 saturated heterocycles. The molecule has 5 heteroatoms. The summed E-state index contributed by atoms with van der Waals surface area (Å²) >= 11 is 3.47. The van der Waals surface area contributed by atoms with Gasteiger partial charge < -0.3 is 4.42 Å². The van der Waals surface area contributed by atoms with Crippen LogP contribution in [0.3, 0.4) is 0 Å². The lowest BCUT2D eigenvalue weighted by atomic mass is 9.97. The second-order valence-corrected chi connectivity index (χ2v) is 6.90. The summed E-state index contributed by atoms with van der Waals surface area (Å²) in [4.78, 5) is 22.0. The highest BCUT2D eigenvalue weighted by molar-refractivity contribution is 9.10. The van der Waals surface area contributed by atoms with Crippen molar-refractivity contribution in [2.45, 2.75) is 0 Å². The number of rotatable bonds is 1. The molecule has 0 aliphatic carbocycles. The summed E-state index contributed by atoms with van der Waals surface area (Å²) in [5, 5.41) is 2.08. The average Bonchev–Trinajstić information content (AvgIpc) is 2.67. The third-order valence-electron chi connectivity index (χ3n) is 4.42. The topological polar surface area (TPSA) is 56.0 Å². The normalized spacial score (nSPS) is 11.4. The third kappa shape index (κ3) is 2.24. The minimum absolute atomic E-state index is 0.396. The Morgan fingerprint density at radius 2 is 1.69 bits per heavy atom. The molecule has 0 spiro atoms. The van der Waals surface area contributed by atoms with E-state index in [1.807, 2.05) is 54.6 Å². The van der Waals surface area contributed by atoms with Crippen LogP contribution in [0.5, 0.6) is 0 Å². The van der Waals surface area contributed by atoms with E-state index in [4.69, 9.17) is 9.40 Å². The van der Waals surface area contributed by atoms with Gasteiger partial charge in [0.2, 0.25) is 0 Å². The van der Waals surface area contributed by atoms with E-state index in [0.717, 1.165) is 26.4 Å². The fourth-order valence-electron chi connectivity index (χ4n) is 3.32. The molecule has 0 aliphatic heterocycles. The molecule has 0 unspecified atom stereocenters. The first-order valence-electron chi connectivity index (χ1n) is 8.08. The molecule has 5 rings (SSSR count). The van der Waals surface area contributed by atoms with E-state index in [0.29, 0.717) is 22.1 Å². The second kappa shape index (κ2) is 5.75. The van der Waals surface area contributed by atoms with Crippen LogP contribution < -0.4 is 5.63 Å². The Morgan fingerprint density at radius 3 is 2.54 bits per heavy atom. The average molecular weight is 403 g/mol.